The van der Waals surface area contributed by atoms with Crippen molar-refractivity contribution in [3.63, 3.8) is 0 Å². The number of halogens is 1. The van der Waals surface area contributed by atoms with E-state index in [0.717, 1.165) is 5.56 Å². The van der Waals surface area contributed by atoms with E-state index in [0.29, 0.717) is 33.7 Å². The molecule has 1 aromatic carbocycles. The zero-order valence-electron chi connectivity index (χ0n) is 14.9. The van der Waals surface area contributed by atoms with Crippen molar-refractivity contribution >= 4 is 39.9 Å². The van der Waals surface area contributed by atoms with Gasteiger partial charge in [-0.05, 0) is 30.7 Å². The van der Waals surface area contributed by atoms with Gasteiger partial charge in [0.05, 0.1) is 23.9 Å². The predicted molar refractivity (Wildman–Crippen MR) is 105 cm³/mol. The topological polar surface area (TPSA) is 75.4 Å². The smallest absolute Gasteiger partial charge is 0.260 e. The summed E-state index contributed by atoms with van der Waals surface area (Å²) < 4.78 is 5.13. The van der Waals surface area contributed by atoms with E-state index >= 15 is 0 Å². The Morgan fingerprint density at radius 2 is 2.15 bits per heavy atom. The Bertz CT molecular complexity index is 967. The van der Waals surface area contributed by atoms with Crippen LogP contribution in [0.4, 0.5) is 5.13 Å². The van der Waals surface area contributed by atoms with Gasteiger partial charge in [-0.2, -0.15) is 0 Å². The normalized spacial score (nSPS) is 10.6. The Kier molecular flexibility index (Phi) is 5.93. The Labute approximate surface area is 165 Å². The quantitative estimate of drug-likeness (QED) is 0.670. The van der Waals surface area contributed by atoms with Crippen molar-refractivity contribution in [2.75, 3.05) is 12.4 Å². The lowest BCUT2D eigenvalue weighted by atomic mass is 10.2. The predicted octanol–water partition coefficient (Wildman–Crippen LogP) is 4.15. The minimum atomic E-state index is -0.286. The molecule has 0 fully saturated rings. The van der Waals surface area contributed by atoms with Crippen LogP contribution in [0.15, 0.2) is 46.4 Å². The molecule has 0 bridgehead atoms. The molecule has 3 rings (SSSR count). The number of carbonyl (C=O) groups is 2. The number of likely N-dealkylation sites (N-methyl/N-ethyl adjacent to an activating group) is 1. The summed E-state index contributed by atoms with van der Waals surface area (Å²) in [5.41, 5.74) is 2.03. The third-order valence-corrected chi connectivity index (χ3v) is 4.98. The van der Waals surface area contributed by atoms with Crippen LogP contribution >= 0.6 is 22.9 Å². The van der Waals surface area contributed by atoms with Crippen LogP contribution in [0.5, 0.6) is 0 Å². The van der Waals surface area contributed by atoms with E-state index in [9.17, 15) is 9.59 Å². The van der Waals surface area contributed by atoms with Gasteiger partial charge in [0.25, 0.3) is 5.91 Å². The van der Waals surface area contributed by atoms with Gasteiger partial charge in [0.15, 0.2) is 5.13 Å². The number of furan rings is 1. The first-order chi connectivity index (χ1) is 12.9. The maximum atomic E-state index is 12.4. The summed E-state index contributed by atoms with van der Waals surface area (Å²) in [5, 5.41) is 5.57. The number of anilines is 1. The van der Waals surface area contributed by atoms with Crippen molar-refractivity contribution < 1.29 is 14.0 Å². The summed E-state index contributed by atoms with van der Waals surface area (Å²) in [6.45, 7) is 2.18. The summed E-state index contributed by atoms with van der Waals surface area (Å²) in [7, 11) is 1.74. The van der Waals surface area contributed by atoms with Crippen molar-refractivity contribution in [3.05, 3.63) is 69.6 Å². The summed E-state index contributed by atoms with van der Waals surface area (Å²) in [4.78, 5) is 30.5. The third kappa shape index (κ3) is 4.96. The van der Waals surface area contributed by atoms with Crippen LogP contribution in [0.1, 0.15) is 27.4 Å². The number of rotatable bonds is 6. The molecule has 140 valence electrons. The summed E-state index contributed by atoms with van der Waals surface area (Å²) in [5.74, 6) is 0.192. The van der Waals surface area contributed by atoms with Crippen LogP contribution in [0, 0.1) is 6.92 Å². The number of aromatic nitrogens is 1. The van der Waals surface area contributed by atoms with E-state index in [2.05, 4.69) is 10.3 Å². The molecular formula is C19H18ClN3O3S. The molecule has 0 aliphatic rings. The molecule has 0 radical (unpaired) electrons. The van der Waals surface area contributed by atoms with E-state index in [1.54, 1.807) is 36.4 Å². The first kappa shape index (κ1) is 19.1. The summed E-state index contributed by atoms with van der Waals surface area (Å²) >= 11 is 7.25. The monoisotopic (exact) mass is 403 g/mol. The van der Waals surface area contributed by atoms with Crippen molar-refractivity contribution in [2.24, 2.45) is 0 Å². The SMILES string of the molecule is Cc1occc1C(=O)Nc1nc(CC(=O)N(C)Cc2cccc(Cl)c2)cs1. The molecule has 2 heterocycles. The molecule has 3 aromatic rings. The molecule has 0 saturated carbocycles. The standard InChI is InChI=1S/C19H18ClN3O3S/c1-12-16(6-7-26-12)18(25)22-19-21-15(11-27-19)9-17(24)23(2)10-13-4-3-5-14(20)8-13/h3-8,11H,9-10H2,1-2H3,(H,21,22,25). The molecule has 0 saturated heterocycles. The number of hydrogen-bond acceptors (Lipinski definition) is 5. The van der Waals surface area contributed by atoms with Gasteiger partial charge in [-0.15, -0.1) is 11.3 Å². The molecule has 2 aromatic heterocycles. The molecule has 0 aliphatic carbocycles. The minimum Gasteiger partial charge on any atom is -0.469 e. The highest BCUT2D eigenvalue weighted by molar-refractivity contribution is 7.14. The molecule has 6 nitrogen and oxygen atoms in total. The van der Waals surface area contributed by atoms with Gasteiger partial charge < -0.3 is 9.32 Å². The molecule has 0 aliphatic heterocycles. The summed E-state index contributed by atoms with van der Waals surface area (Å²) in [6, 6.07) is 9.01. The second-order valence-electron chi connectivity index (χ2n) is 6.05. The fourth-order valence-electron chi connectivity index (χ4n) is 2.52. The Morgan fingerprint density at radius 1 is 1.33 bits per heavy atom. The van der Waals surface area contributed by atoms with E-state index in [1.807, 2.05) is 18.2 Å². The van der Waals surface area contributed by atoms with Crippen LogP contribution in [0.25, 0.3) is 0 Å². The molecule has 8 heteroatoms. The fraction of sp³-hybridized carbons (Fsp3) is 0.211. The second-order valence-corrected chi connectivity index (χ2v) is 7.34. The molecular weight excluding hydrogens is 386 g/mol. The number of amides is 2. The molecule has 0 spiro atoms. The van der Waals surface area contributed by atoms with E-state index < -0.39 is 0 Å². The lowest BCUT2D eigenvalue weighted by Gasteiger charge is -2.16. The highest BCUT2D eigenvalue weighted by Crippen LogP contribution is 2.19. The van der Waals surface area contributed by atoms with Gasteiger partial charge in [-0.1, -0.05) is 23.7 Å². The van der Waals surface area contributed by atoms with Gasteiger partial charge >= 0.3 is 0 Å². The van der Waals surface area contributed by atoms with Crippen molar-refractivity contribution in [2.45, 2.75) is 19.9 Å². The number of hydrogen-bond donors (Lipinski definition) is 1. The van der Waals surface area contributed by atoms with Crippen molar-refractivity contribution in [1.29, 1.82) is 0 Å². The van der Waals surface area contributed by atoms with Crippen LogP contribution in [0.3, 0.4) is 0 Å². The average molecular weight is 404 g/mol. The van der Waals surface area contributed by atoms with Gasteiger partial charge in [0, 0.05) is 24.0 Å². The largest absolute Gasteiger partial charge is 0.469 e. The first-order valence-electron chi connectivity index (χ1n) is 8.20. The molecule has 1 N–H and O–H groups in total. The van der Waals surface area contributed by atoms with E-state index in [-0.39, 0.29) is 18.2 Å². The maximum Gasteiger partial charge on any atom is 0.260 e. The van der Waals surface area contributed by atoms with Gasteiger partial charge in [0.1, 0.15) is 5.76 Å². The number of nitrogens with zero attached hydrogens (tertiary/aromatic N) is 2. The van der Waals surface area contributed by atoms with Crippen LogP contribution in [0.2, 0.25) is 5.02 Å². The molecule has 2 amide bonds. The average Bonchev–Trinajstić information content (AvgIpc) is 3.23. The van der Waals surface area contributed by atoms with Crippen LogP contribution in [-0.4, -0.2) is 28.7 Å². The second kappa shape index (κ2) is 8.37. The minimum absolute atomic E-state index is 0.0659. The number of aryl methyl sites for hydroxylation is 1. The zero-order chi connectivity index (χ0) is 19.4. The third-order valence-electron chi connectivity index (χ3n) is 3.94. The maximum absolute atomic E-state index is 12.4. The summed E-state index contributed by atoms with van der Waals surface area (Å²) in [6.07, 6.45) is 1.63. The molecule has 0 unspecified atom stereocenters. The highest BCUT2D eigenvalue weighted by atomic mass is 35.5. The van der Waals surface area contributed by atoms with Crippen molar-refractivity contribution in [1.82, 2.24) is 9.88 Å². The number of benzene rings is 1. The highest BCUT2D eigenvalue weighted by Gasteiger charge is 2.16. The number of carbonyl (C=O) groups excluding carboxylic acids is 2. The van der Waals surface area contributed by atoms with Crippen LogP contribution < -0.4 is 5.32 Å². The van der Waals surface area contributed by atoms with E-state index in [4.69, 9.17) is 16.0 Å². The Balaban J connectivity index is 1.57. The number of thiazole rings is 1. The molecule has 0 atom stereocenters. The number of nitrogens with one attached hydrogen (secondary N) is 1. The lowest BCUT2D eigenvalue weighted by Crippen LogP contribution is -2.27. The van der Waals surface area contributed by atoms with Gasteiger partial charge in [-0.3, -0.25) is 14.9 Å². The van der Waals surface area contributed by atoms with Crippen LogP contribution in [-0.2, 0) is 17.8 Å². The van der Waals surface area contributed by atoms with Gasteiger partial charge in [0.2, 0.25) is 5.91 Å². The van der Waals surface area contributed by atoms with Crippen molar-refractivity contribution in [3.8, 4) is 0 Å². The first-order valence-corrected chi connectivity index (χ1v) is 9.46. The Hall–Kier alpha value is -2.64. The van der Waals surface area contributed by atoms with E-state index in [1.165, 1.54) is 17.6 Å². The zero-order valence-corrected chi connectivity index (χ0v) is 16.4. The lowest BCUT2D eigenvalue weighted by molar-refractivity contribution is -0.129. The molecule has 27 heavy (non-hydrogen) atoms. The fourth-order valence-corrected chi connectivity index (χ4v) is 3.44. The Morgan fingerprint density at radius 3 is 2.85 bits per heavy atom. The van der Waals surface area contributed by atoms with Gasteiger partial charge in [-0.25, -0.2) is 4.98 Å².